The van der Waals surface area contributed by atoms with Gasteiger partial charge in [0.25, 0.3) is 0 Å². The van der Waals surface area contributed by atoms with E-state index < -0.39 is 0 Å². The van der Waals surface area contributed by atoms with Gasteiger partial charge in [0.05, 0.1) is 23.0 Å². The van der Waals surface area contributed by atoms with Gasteiger partial charge < -0.3 is 8.83 Å². The molecule has 0 atom stereocenters. The average molecular weight is 554 g/mol. The summed E-state index contributed by atoms with van der Waals surface area (Å²) < 4.78 is 12.2. The van der Waals surface area contributed by atoms with E-state index in [9.17, 15) is 0 Å². The summed E-state index contributed by atoms with van der Waals surface area (Å²) in [6.07, 6.45) is 1.87. The molecule has 0 N–H and O–H groups in total. The van der Waals surface area contributed by atoms with Gasteiger partial charge in [-0.25, -0.2) is 9.97 Å². The summed E-state index contributed by atoms with van der Waals surface area (Å²) in [6.45, 7) is 0. The predicted octanol–water partition coefficient (Wildman–Crippen LogP) is 10.6. The molecule has 0 saturated heterocycles. The Balaban J connectivity index is 1.33. The Morgan fingerprint density at radius 1 is 0.512 bits per heavy atom. The Kier molecular flexibility index (Phi) is 5.13. The van der Waals surface area contributed by atoms with E-state index in [2.05, 4.69) is 83.8 Å². The second-order valence-corrected chi connectivity index (χ2v) is 10.6. The minimum atomic E-state index is 0.610. The molecule has 5 nitrogen and oxygen atoms in total. The number of fused-ring (bicyclic) bond motifs is 7. The quantitative estimate of drug-likeness (QED) is 0.217. The highest BCUT2D eigenvalue weighted by Crippen LogP contribution is 2.43. The number of nitrogens with zero attached hydrogens (tertiary/aromatic N) is 3. The smallest absolute Gasteiger partial charge is 0.227 e. The maximum atomic E-state index is 6.12. The van der Waals surface area contributed by atoms with Gasteiger partial charge in [0.15, 0.2) is 5.58 Å². The van der Waals surface area contributed by atoms with Crippen molar-refractivity contribution in [3.63, 3.8) is 0 Å². The molecule has 9 rings (SSSR count). The van der Waals surface area contributed by atoms with Crippen LogP contribution in [-0.4, -0.2) is 9.97 Å². The fourth-order valence-corrected chi connectivity index (χ4v) is 6.17. The normalized spacial score (nSPS) is 11.7. The zero-order chi connectivity index (χ0) is 28.3. The van der Waals surface area contributed by atoms with Gasteiger partial charge in [-0.15, -0.1) is 0 Å². The zero-order valence-corrected chi connectivity index (χ0v) is 22.9. The third-order valence-electron chi connectivity index (χ3n) is 8.14. The fraction of sp³-hybridized carbons (Fsp3) is 0. The summed E-state index contributed by atoms with van der Waals surface area (Å²) in [5.41, 5.74) is 8.07. The maximum absolute atomic E-state index is 6.12. The topological polar surface area (TPSA) is 55.3 Å². The van der Waals surface area contributed by atoms with Crippen LogP contribution in [0.3, 0.4) is 0 Å². The summed E-state index contributed by atoms with van der Waals surface area (Å²) in [7, 11) is 0. The van der Waals surface area contributed by atoms with Crippen molar-refractivity contribution in [1.82, 2.24) is 9.97 Å². The third kappa shape index (κ3) is 3.72. The van der Waals surface area contributed by atoms with Crippen molar-refractivity contribution in [2.75, 3.05) is 4.90 Å². The third-order valence-corrected chi connectivity index (χ3v) is 8.14. The molecule has 43 heavy (non-hydrogen) atoms. The Labute approximate surface area is 246 Å². The van der Waals surface area contributed by atoms with E-state index in [0.29, 0.717) is 5.71 Å². The molecule has 0 aliphatic carbocycles. The van der Waals surface area contributed by atoms with Crippen LogP contribution in [0.25, 0.3) is 66.0 Å². The van der Waals surface area contributed by atoms with E-state index in [0.717, 1.165) is 66.4 Å². The van der Waals surface area contributed by atoms with Crippen LogP contribution < -0.4 is 4.90 Å². The van der Waals surface area contributed by atoms with Crippen molar-refractivity contribution < 1.29 is 8.83 Å². The van der Waals surface area contributed by atoms with Gasteiger partial charge in [-0.05, 0) is 59.0 Å². The molecular weight excluding hydrogens is 530 g/mol. The van der Waals surface area contributed by atoms with E-state index in [-0.39, 0.29) is 0 Å². The van der Waals surface area contributed by atoms with Gasteiger partial charge in [-0.2, -0.15) is 0 Å². The Hall–Kier alpha value is -5.94. The number of benzene rings is 5. The van der Waals surface area contributed by atoms with Crippen molar-refractivity contribution >= 4 is 72.1 Å². The summed E-state index contributed by atoms with van der Waals surface area (Å²) in [5, 5.41) is 5.24. The number of para-hydroxylation sites is 2. The van der Waals surface area contributed by atoms with Crippen LogP contribution >= 0.6 is 0 Å². The fourth-order valence-electron chi connectivity index (χ4n) is 6.17. The van der Waals surface area contributed by atoms with Crippen LogP contribution in [0.15, 0.2) is 148 Å². The molecule has 0 amide bonds. The molecule has 0 bridgehead atoms. The van der Waals surface area contributed by atoms with Crippen LogP contribution in [0.5, 0.6) is 0 Å². The highest BCUT2D eigenvalue weighted by Gasteiger charge is 2.21. The van der Waals surface area contributed by atoms with Gasteiger partial charge >= 0.3 is 0 Å². The molecule has 0 spiro atoms. The van der Waals surface area contributed by atoms with Gasteiger partial charge in [-0.3, -0.25) is 4.90 Å². The standard InChI is InChI=1S/C38H23N3O2/c1-2-10-24(11-3-1)26-18-19-32(28-13-5-4-12-27(26)28)41(25-22-31-29-14-6-8-16-33(29)43-38(31)39-23-25)36-21-20-35-37(40-36)30-15-7-9-17-34(30)42-35/h1-23H. The molecule has 0 radical (unpaired) electrons. The van der Waals surface area contributed by atoms with Crippen molar-refractivity contribution in [2.24, 2.45) is 0 Å². The molecule has 9 aromatic rings. The molecule has 4 heterocycles. The van der Waals surface area contributed by atoms with Crippen molar-refractivity contribution in [3.8, 4) is 11.1 Å². The zero-order valence-electron chi connectivity index (χ0n) is 22.9. The van der Waals surface area contributed by atoms with E-state index >= 15 is 0 Å². The van der Waals surface area contributed by atoms with E-state index in [1.165, 1.54) is 11.1 Å². The second-order valence-electron chi connectivity index (χ2n) is 10.6. The number of hydrogen-bond donors (Lipinski definition) is 0. The minimum absolute atomic E-state index is 0.610. The largest absolute Gasteiger partial charge is 0.454 e. The van der Waals surface area contributed by atoms with Crippen LogP contribution in [0.4, 0.5) is 17.2 Å². The Morgan fingerprint density at radius 3 is 2.05 bits per heavy atom. The lowest BCUT2D eigenvalue weighted by atomic mass is 9.96. The molecule has 0 saturated carbocycles. The highest BCUT2D eigenvalue weighted by atomic mass is 16.3. The molecule has 0 fully saturated rings. The SMILES string of the molecule is c1ccc(-c2ccc(N(c3cnc4oc5ccccc5c4c3)c3ccc4oc5ccccc5c4n3)c3ccccc23)cc1. The lowest BCUT2D eigenvalue weighted by Crippen LogP contribution is -2.12. The first-order valence-electron chi connectivity index (χ1n) is 14.2. The van der Waals surface area contributed by atoms with Crippen molar-refractivity contribution in [3.05, 3.63) is 140 Å². The molecule has 0 unspecified atom stereocenters. The van der Waals surface area contributed by atoms with Gasteiger partial charge in [0.1, 0.15) is 22.5 Å². The Bertz CT molecular complexity index is 2360. The van der Waals surface area contributed by atoms with E-state index in [1.54, 1.807) is 0 Å². The lowest BCUT2D eigenvalue weighted by molar-refractivity contribution is 0.654. The monoisotopic (exact) mass is 553 g/mol. The Morgan fingerprint density at radius 2 is 1.21 bits per heavy atom. The molecule has 202 valence electrons. The predicted molar refractivity (Wildman–Crippen MR) is 174 cm³/mol. The van der Waals surface area contributed by atoms with Crippen molar-refractivity contribution in [2.45, 2.75) is 0 Å². The van der Waals surface area contributed by atoms with Gasteiger partial charge in [0.2, 0.25) is 5.71 Å². The first kappa shape index (κ1) is 23.7. The minimum Gasteiger partial charge on any atom is -0.454 e. The molecular formula is C38H23N3O2. The summed E-state index contributed by atoms with van der Waals surface area (Å²) >= 11 is 0. The maximum Gasteiger partial charge on any atom is 0.227 e. The first-order valence-corrected chi connectivity index (χ1v) is 14.2. The molecule has 0 aliphatic rings. The number of rotatable bonds is 4. The molecule has 5 aromatic carbocycles. The summed E-state index contributed by atoms with van der Waals surface area (Å²) in [5.74, 6) is 0.769. The number of aromatic nitrogens is 2. The highest BCUT2D eigenvalue weighted by molar-refractivity contribution is 6.09. The first-order chi connectivity index (χ1) is 21.3. The summed E-state index contributed by atoms with van der Waals surface area (Å²) in [4.78, 5) is 12.2. The molecule has 5 heteroatoms. The number of furan rings is 2. The number of hydrogen-bond acceptors (Lipinski definition) is 5. The van der Waals surface area contributed by atoms with E-state index in [1.807, 2.05) is 60.8 Å². The van der Waals surface area contributed by atoms with Gasteiger partial charge in [0, 0.05) is 16.2 Å². The second kappa shape index (κ2) is 9.29. The number of anilines is 3. The van der Waals surface area contributed by atoms with Crippen molar-refractivity contribution in [1.29, 1.82) is 0 Å². The lowest BCUT2D eigenvalue weighted by Gasteiger charge is -2.26. The average Bonchev–Trinajstić information content (AvgIpc) is 3.63. The van der Waals surface area contributed by atoms with Crippen LogP contribution in [-0.2, 0) is 0 Å². The van der Waals surface area contributed by atoms with E-state index in [4.69, 9.17) is 18.8 Å². The number of pyridine rings is 2. The van der Waals surface area contributed by atoms with Crippen LogP contribution in [0.1, 0.15) is 0 Å². The molecule has 0 aliphatic heterocycles. The van der Waals surface area contributed by atoms with Gasteiger partial charge in [-0.1, -0.05) is 91.0 Å². The van der Waals surface area contributed by atoms with Crippen LogP contribution in [0, 0.1) is 0 Å². The van der Waals surface area contributed by atoms with Crippen LogP contribution in [0.2, 0.25) is 0 Å². The summed E-state index contributed by atoms with van der Waals surface area (Å²) in [6, 6.07) is 45.7. The molecule has 4 aromatic heterocycles.